The topological polar surface area (TPSA) is 104 Å². The number of carbonyl (C=O) groups excluding carboxylic acids is 2. The summed E-state index contributed by atoms with van der Waals surface area (Å²) in [5.41, 5.74) is 1.30. The third-order valence-corrected chi connectivity index (χ3v) is 6.80. The van der Waals surface area contributed by atoms with Gasteiger partial charge < -0.3 is 33.7 Å². The number of rotatable bonds is 9. The monoisotopic (exact) mass is 553 g/mol. The normalized spacial score (nSPS) is 16.3. The Morgan fingerprint density at radius 3 is 2.03 bits per heavy atom. The average Bonchev–Trinajstić information content (AvgIpc) is 3.21. The molecule has 204 valence electrons. The molecule has 4 rings (SSSR count). The number of Topliss-reactive ketones (excluding diaryl/α,β-unsaturated/α-hetero) is 1. The van der Waals surface area contributed by atoms with Gasteiger partial charge in [-0.25, -0.2) is 0 Å². The van der Waals surface area contributed by atoms with Gasteiger partial charge in [0.15, 0.2) is 11.5 Å². The van der Waals surface area contributed by atoms with Crippen LogP contribution in [0.4, 0.5) is 0 Å². The molecule has 3 aromatic rings. The second-order valence-corrected chi connectivity index (χ2v) is 8.98. The number of benzene rings is 3. The van der Waals surface area contributed by atoms with Crippen LogP contribution in [-0.4, -0.2) is 57.2 Å². The van der Waals surface area contributed by atoms with Gasteiger partial charge in [0, 0.05) is 12.6 Å². The number of ketones is 1. The van der Waals surface area contributed by atoms with Crippen molar-refractivity contribution in [2.24, 2.45) is 0 Å². The molecule has 0 bridgehead atoms. The van der Waals surface area contributed by atoms with Crippen molar-refractivity contribution in [3.8, 4) is 28.7 Å². The van der Waals surface area contributed by atoms with Gasteiger partial charge in [0.25, 0.3) is 11.7 Å². The summed E-state index contributed by atoms with van der Waals surface area (Å²) in [6.07, 6.45) is 0. The highest BCUT2D eigenvalue weighted by Crippen LogP contribution is 2.45. The molecule has 0 spiro atoms. The Balaban J connectivity index is 1.92. The van der Waals surface area contributed by atoms with Crippen LogP contribution >= 0.6 is 11.6 Å². The van der Waals surface area contributed by atoms with Crippen molar-refractivity contribution in [3.05, 3.63) is 81.9 Å². The van der Waals surface area contributed by atoms with E-state index in [1.165, 1.54) is 45.5 Å². The standard InChI is InChI=1S/C29H28ClNO8/c1-35-18-9-6-16(7-10-18)15-31-26(17-8-11-21(36-2)24(12-17)39-5)25(28(33)29(31)34)27(32)19-13-20(30)23(38-4)14-22(19)37-3/h6-14,26,32H,15H2,1-5H3/b27-25+. The van der Waals surface area contributed by atoms with Gasteiger partial charge in [-0.05, 0) is 41.5 Å². The number of amides is 1. The largest absolute Gasteiger partial charge is 0.507 e. The van der Waals surface area contributed by atoms with E-state index in [0.717, 1.165) is 5.56 Å². The molecule has 1 N–H and O–H groups in total. The third-order valence-electron chi connectivity index (χ3n) is 6.50. The van der Waals surface area contributed by atoms with E-state index in [1.807, 2.05) is 0 Å². The van der Waals surface area contributed by atoms with Crippen LogP contribution in [0, 0.1) is 0 Å². The van der Waals surface area contributed by atoms with Crippen molar-refractivity contribution < 1.29 is 38.4 Å². The van der Waals surface area contributed by atoms with Gasteiger partial charge in [-0.1, -0.05) is 29.8 Å². The zero-order chi connectivity index (χ0) is 28.3. The van der Waals surface area contributed by atoms with Gasteiger partial charge in [-0.3, -0.25) is 9.59 Å². The fraction of sp³-hybridized carbons (Fsp3) is 0.241. The molecule has 1 amide bonds. The van der Waals surface area contributed by atoms with Crippen molar-refractivity contribution in [1.29, 1.82) is 0 Å². The van der Waals surface area contributed by atoms with E-state index in [9.17, 15) is 14.7 Å². The second-order valence-electron chi connectivity index (χ2n) is 8.58. The number of halogens is 1. The molecule has 0 aliphatic carbocycles. The predicted octanol–water partition coefficient (Wildman–Crippen LogP) is 5.00. The van der Waals surface area contributed by atoms with Gasteiger partial charge in [0.05, 0.1) is 57.8 Å². The van der Waals surface area contributed by atoms with E-state index in [1.54, 1.807) is 49.6 Å². The number of hydrogen-bond donors (Lipinski definition) is 1. The highest BCUT2D eigenvalue weighted by Gasteiger charge is 2.46. The number of methoxy groups -OCH3 is 5. The summed E-state index contributed by atoms with van der Waals surface area (Å²) in [5, 5.41) is 11.7. The van der Waals surface area contributed by atoms with Gasteiger partial charge in [-0.15, -0.1) is 0 Å². The predicted molar refractivity (Wildman–Crippen MR) is 145 cm³/mol. The molecule has 0 aromatic heterocycles. The maximum absolute atomic E-state index is 13.5. The number of ether oxygens (including phenoxy) is 5. The van der Waals surface area contributed by atoms with E-state index in [0.29, 0.717) is 28.6 Å². The molecule has 1 unspecified atom stereocenters. The van der Waals surface area contributed by atoms with Gasteiger partial charge in [0.2, 0.25) is 0 Å². The highest BCUT2D eigenvalue weighted by atomic mass is 35.5. The molecular formula is C29H28ClNO8. The van der Waals surface area contributed by atoms with E-state index in [-0.39, 0.29) is 28.5 Å². The zero-order valence-electron chi connectivity index (χ0n) is 22.1. The van der Waals surface area contributed by atoms with Crippen LogP contribution in [-0.2, 0) is 16.1 Å². The minimum absolute atomic E-state index is 0.0882. The van der Waals surface area contributed by atoms with E-state index >= 15 is 0 Å². The molecule has 0 radical (unpaired) electrons. The molecule has 1 atom stereocenters. The average molecular weight is 554 g/mol. The summed E-state index contributed by atoms with van der Waals surface area (Å²) in [6, 6.07) is 14.2. The lowest BCUT2D eigenvalue weighted by atomic mass is 9.94. The molecule has 1 heterocycles. The Morgan fingerprint density at radius 1 is 0.795 bits per heavy atom. The van der Waals surface area contributed by atoms with Crippen LogP contribution in [0.2, 0.25) is 5.02 Å². The fourth-order valence-electron chi connectivity index (χ4n) is 4.53. The van der Waals surface area contributed by atoms with E-state index < -0.39 is 23.5 Å². The zero-order valence-corrected chi connectivity index (χ0v) is 22.9. The molecule has 3 aromatic carbocycles. The lowest BCUT2D eigenvalue weighted by molar-refractivity contribution is -0.140. The first-order valence-electron chi connectivity index (χ1n) is 11.8. The third kappa shape index (κ3) is 5.18. The summed E-state index contributed by atoms with van der Waals surface area (Å²) in [6.45, 7) is 0.0882. The summed E-state index contributed by atoms with van der Waals surface area (Å²) in [4.78, 5) is 28.3. The number of hydrogen-bond acceptors (Lipinski definition) is 8. The Labute approximate surface area is 231 Å². The molecule has 1 saturated heterocycles. The molecule has 0 saturated carbocycles. The van der Waals surface area contributed by atoms with Crippen LogP contribution in [0.25, 0.3) is 5.76 Å². The van der Waals surface area contributed by atoms with Gasteiger partial charge in [0.1, 0.15) is 23.0 Å². The molecule has 39 heavy (non-hydrogen) atoms. The maximum atomic E-state index is 13.5. The summed E-state index contributed by atoms with van der Waals surface area (Å²) < 4.78 is 26.8. The van der Waals surface area contributed by atoms with Crippen LogP contribution in [0.15, 0.2) is 60.2 Å². The first-order valence-corrected chi connectivity index (χ1v) is 12.2. The number of nitrogens with zero attached hydrogens (tertiary/aromatic N) is 1. The van der Waals surface area contributed by atoms with Gasteiger partial charge >= 0.3 is 0 Å². The van der Waals surface area contributed by atoms with E-state index in [2.05, 4.69) is 0 Å². The van der Waals surface area contributed by atoms with Crippen molar-refractivity contribution in [2.75, 3.05) is 35.5 Å². The Hall–Kier alpha value is -4.37. The minimum Gasteiger partial charge on any atom is -0.507 e. The fourth-order valence-corrected chi connectivity index (χ4v) is 4.77. The van der Waals surface area contributed by atoms with Crippen LogP contribution < -0.4 is 23.7 Å². The van der Waals surface area contributed by atoms with Crippen molar-refractivity contribution >= 4 is 29.1 Å². The Kier molecular flexibility index (Phi) is 8.21. The van der Waals surface area contributed by atoms with Crippen molar-refractivity contribution in [3.63, 3.8) is 0 Å². The van der Waals surface area contributed by atoms with Crippen LogP contribution in [0.3, 0.4) is 0 Å². The molecule has 1 aliphatic heterocycles. The van der Waals surface area contributed by atoms with Crippen LogP contribution in [0.1, 0.15) is 22.7 Å². The summed E-state index contributed by atoms with van der Waals surface area (Å²) >= 11 is 6.34. The lowest BCUT2D eigenvalue weighted by Gasteiger charge is -2.26. The number of carbonyl (C=O) groups is 2. The molecule has 1 aliphatic rings. The molecular weight excluding hydrogens is 526 g/mol. The SMILES string of the molecule is COc1ccc(CN2C(=O)C(=O)/C(=C(/O)c3cc(Cl)c(OC)cc3OC)C2c2ccc(OC)c(OC)c2)cc1. The number of aliphatic hydroxyl groups excluding tert-OH is 1. The molecule has 9 nitrogen and oxygen atoms in total. The summed E-state index contributed by atoms with van der Waals surface area (Å²) in [5.74, 6) is -0.0114. The molecule has 1 fully saturated rings. The highest BCUT2D eigenvalue weighted by molar-refractivity contribution is 6.46. The van der Waals surface area contributed by atoms with Crippen molar-refractivity contribution in [2.45, 2.75) is 12.6 Å². The first kappa shape index (κ1) is 27.7. The smallest absolute Gasteiger partial charge is 0.295 e. The second kappa shape index (κ2) is 11.6. The van der Waals surface area contributed by atoms with E-state index in [4.69, 9.17) is 35.3 Å². The molecule has 10 heteroatoms. The first-order chi connectivity index (χ1) is 18.8. The Morgan fingerprint density at radius 2 is 1.44 bits per heavy atom. The minimum atomic E-state index is -0.961. The summed E-state index contributed by atoms with van der Waals surface area (Å²) in [7, 11) is 7.41. The lowest BCUT2D eigenvalue weighted by Crippen LogP contribution is -2.29. The number of likely N-dealkylation sites (tertiary alicyclic amines) is 1. The van der Waals surface area contributed by atoms with Crippen molar-refractivity contribution in [1.82, 2.24) is 4.90 Å². The number of aliphatic hydroxyl groups is 1. The maximum Gasteiger partial charge on any atom is 0.295 e. The van der Waals surface area contributed by atoms with Crippen LogP contribution in [0.5, 0.6) is 28.7 Å². The quantitative estimate of drug-likeness (QED) is 0.224. The van der Waals surface area contributed by atoms with Gasteiger partial charge in [-0.2, -0.15) is 0 Å². The Bertz CT molecular complexity index is 1430.